The van der Waals surface area contributed by atoms with Gasteiger partial charge in [0.05, 0.1) is 0 Å². The van der Waals surface area contributed by atoms with Gasteiger partial charge in [-0.25, -0.2) is 0 Å². The highest BCUT2D eigenvalue weighted by Gasteiger charge is 2.15. The lowest BCUT2D eigenvalue weighted by atomic mass is 10.1. The highest BCUT2D eigenvalue weighted by Crippen LogP contribution is 2.28. The number of carbonyl (C=O) groups excluding carboxylic acids is 1. The molecule has 0 bridgehead atoms. The molecule has 106 valence electrons. The molecule has 1 aromatic heterocycles. The summed E-state index contributed by atoms with van der Waals surface area (Å²) >= 11 is 1.46. The molecule has 1 amide bonds. The summed E-state index contributed by atoms with van der Waals surface area (Å²) in [7, 11) is 0. The first-order chi connectivity index (χ1) is 9.65. The molecule has 2 aromatic rings. The Morgan fingerprint density at radius 2 is 1.95 bits per heavy atom. The van der Waals surface area contributed by atoms with Crippen LogP contribution in [0.3, 0.4) is 0 Å². The van der Waals surface area contributed by atoms with Crippen molar-refractivity contribution in [2.75, 3.05) is 5.32 Å². The number of hydrogen-bond acceptors (Lipinski definition) is 4. The lowest BCUT2D eigenvalue weighted by molar-refractivity contribution is 0.102. The number of carbonyl (C=O) groups is 1. The number of aryl methyl sites for hydroxylation is 1. The maximum Gasteiger partial charge on any atom is 0.257 e. The van der Waals surface area contributed by atoms with Crippen LogP contribution in [0, 0.1) is 6.92 Å². The van der Waals surface area contributed by atoms with Crippen LogP contribution >= 0.6 is 11.3 Å². The van der Waals surface area contributed by atoms with Crippen molar-refractivity contribution in [3.05, 3.63) is 40.4 Å². The maximum absolute atomic E-state index is 12.2. The molecule has 20 heavy (non-hydrogen) atoms. The van der Waals surface area contributed by atoms with Crippen LogP contribution in [0.4, 0.5) is 5.13 Å². The summed E-state index contributed by atoms with van der Waals surface area (Å²) in [5.41, 5.74) is 1.63. The summed E-state index contributed by atoms with van der Waals surface area (Å²) in [6, 6.07) is 7.51. The fourth-order valence-corrected chi connectivity index (χ4v) is 3.09. The Hall–Kier alpha value is -1.75. The predicted molar refractivity (Wildman–Crippen MR) is 82.4 cm³/mol. The molecule has 0 aliphatic carbocycles. The van der Waals surface area contributed by atoms with Gasteiger partial charge in [-0.1, -0.05) is 43.4 Å². The van der Waals surface area contributed by atoms with Crippen molar-refractivity contribution in [1.82, 2.24) is 10.2 Å². The zero-order valence-electron chi connectivity index (χ0n) is 12.0. The topological polar surface area (TPSA) is 54.9 Å². The first-order valence-corrected chi connectivity index (χ1v) is 7.67. The number of anilines is 1. The van der Waals surface area contributed by atoms with E-state index in [1.54, 1.807) is 0 Å². The van der Waals surface area contributed by atoms with Gasteiger partial charge in [0.15, 0.2) is 0 Å². The molecule has 4 nitrogen and oxygen atoms in total. The smallest absolute Gasteiger partial charge is 0.257 e. The molecule has 0 saturated heterocycles. The number of benzene rings is 1. The average molecular weight is 289 g/mol. The molecule has 1 heterocycles. The van der Waals surface area contributed by atoms with E-state index in [0.717, 1.165) is 23.4 Å². The Morgan fingerprint density at radius 3 is 2.60 bits per heavy atom. The van der Waals surface area contributed by atoms with E-state index in [1.165, 1.54) is 11.3 Å². The van der Waals surface area contributed by atoms with Crippen LogP contribution in [0.25, 0.3) is 0 Å². The summed E-state index contributed by atoms with van der Waals surface area (Å²) in [6.07, 6.45) is 2.08. The van der Waals surface area contributed by atoms with E-state index in [1.807, 2.05) is 31.2 Å². The molecule has 0 aliphatic heterocycles. The summed E-state index contributed by atoms with van der Waals surface area (Å²) in [4.78, 5) is 12.2. The largest absolute Gasteiger partial charge is 0.296 e. The fraction of sp³-hybridized carbons (Fsp3) is 0.400. The number of aromatic nitrogens is 2. The maximum atomic E-state index is 12.2. The number of nitrogens with one attached hydrogen (secondary N) is 1. The zero-order chi connectivity index (χ0) is 14.5. The van der Waals surface area contributed by atoms with Crippen molar-refractivity contribution in [3.63, 3.8) is 0 Å². The fourth-order valence-electron chi connectivity index (χ4n) is 2.08. The van der Waals surface area contributed by atoms with Gasteiger partial charge < -0.3 is 0 Å². The van der Waals surface area contributed by atoms with Crippen LogP contribution in [0.2, 0.25) is 0 Å². The lowest BCUT2D eigenvalue weighted by Gasteiger charge is -2.06. The lowest BCUT2D eigenvalue weighted by Crippen LogP contribution is -2.12. The molecule has 0 saturated carbocycles. The molecule has 0 fully saturated rings. The first kappa shape index (κ1) is 14.7. The van der Waals surface area contributed by atoms with Crippen molar-refractivity contribution in [2.24, 2.45) is 0 Å². The molecule has 2 rings (SSSR count). The van der Waals surface area contributed by atoms with E-state index in [4.69, 9.17) is 0 Å². The number of nitrogens with zero attached hydrogens (tertiary/aromatic N) is 2. The van der Waals surface area contributed by atoms with Gasteiger partial charge in [0.2, 0.25) is 5.13 Å². The van der Waals surface area contributed by atoms with Gasteiger partial charge in [0.1, 0.15) is 5.01 Å². The molecule has 0 spiro atoms. The monoisotopic (exact) mass is 289 g/mol. The Bertz CT molecular complexity index is 590. The number of hydrogen-bond donors (Lipinski definition) is 1. The zero-order valence-corrected chi connectivity index (χ0v) is 12.8. The minimum absolute atomic E-state index is 0.129. The van der Waals surface area contributed by atoms with Crippen LogP contribution in [0.15, 0.2) is 24.3 Å². The van der Waals surface area contributed by atoms with E-state index in [-0.39, 0.29) is 5.91 Å². The average Bonchev–Trinajstić information content (AvgIpc) is 2.89. The second-order valence-corrected chi connectivity index (χ2v) is 5.74. The second kappa shape index (κ2) is 6.61. The van der Waals surface area contributed by atoms with Crippen LogP contribution in [0.1, 0.15) is 53.5 Å². The van der Waals surface area contributed by atoms with Crippen LogP contribution in [-0.2, 0) is 0 Å². The molecule has 0 radical (unpaired) electrons. The standard InChI is InChI=1S/C15H19N3OS/c1-4-11(5-2)14-17-18-15(20-14)16-13(19)12-9-7-6-8-10(12)3/h6-9,11H,4-5H2,1-3H3,(H,16,18,19). The SMILES string of the molecule is CCC(CC)c1nnc(NC(=O)c2ccccc2C)s1. The summed E-state index contributed by atoms with van der Waals surface area (Å²) < 4.78 is 0. The third kappa shape index (κ3) is 3.22. The third-order valence-corrected chi connectivity index (χ3v) is 4.39. The minimum atomic E-state index is -0.129. The Balaban J connectivity index is 2.11. The molecular formula is C15H19N3OS. The summed E-state index contributed by atoms with van der Waals surface area (Å²) in [5.74, 6) is 0.298. The van der Waals surface area contributed by atoms with Crippen molar-refractivity contribution >= 4 is 22.4 Å². The van der Waals surface area contributed by atoms with Gasteiger partial charge in [0.25, 0.3) is 5.91 Å². The first-order valence-electron chi connectivity index (χ1n) is 6.86. The van der Waals surface area contributed by atoms with Gasteiger partial charge in [-0.05, 0) is 31.4 Å². The molecule has 0 aliphatic rings. The van der Waals surface area contributed by atoms with E-state index in [0.29, 0.717) is 16.6 Å². The van der Waals surface area contributed by atoms with Crippen molar-refractivity contribution < 1.29 is 4.79 Å². The number of rotatable bonds is 5. The Morgan fingerprint density at radius 1 is 1.25 bits per heavy atom. The third-order valence-electron chi connectivity index (χ3n) is 3.39. The quantitative estimate of drug-likeness (QED) is 0.905. The Kier molecular flexibility index (Phi) is 4.84. The predicted octanol–water partition coefficient (Wildman–Crippen LogP) is 4.00. The Labute approximate surface area is 123 Å². The summed E-state index contributed by atoms with van der Waals surface area (Å²) in [6.45, 7) is 6.20. The molecule has 0 atom stereocenters. The highest BCUT2D eigenvalue weighted by atomic mass is 32.1. The van der Waals surface area contributed by atoms with E-state index in [2.05, 4.69) is 29.4 Å². The second-order valence-electron chi connectivity index (χ2n) is 4.73. The molecule has 0 unspecified atom stereocenters. The minimum Gasteiger partial charge on any atom is -0.296 e. The summed E-state index contributed by atoms with van der Waals surface area (Å²) in [5, 5.41) is 12.6. The molecular weight excluding hydrogens is 270 g/mol. The van der Waals surface area contributed by atoms with E-state index < -0.39 is 0 Å². The van der Waals surface area contributed by atoms with Crippen molar-refractivity contribution in [3.8, 4) is 0 Å². The van der Waals surface area contributed by atoms with Crippen molar-refractivity contribution in [2.45, 2.75) is 39.5 Å². The van der Waals surface area contributed by atoms with Crippen LogP contribution in [0.5, 0.6) is 0 Å². The van der Waals surface area contributed by atoms with Crippen LogP contribution in [-0.4, -0.2) is 16.1 Å². The van der Waals surface area contributed by atoms with E-state index in [9.17, 15) is 4.79 Å². The molecule has 1 N–H and O–H groups in total. The molecule has 1 aromatic carbocycles. The highest BCUT2D eigenvalue weighted by molar-refractivity contribution is 7.15. The van der Waals surface area contributed by atoms with Crippen LogP contribution < -0.4 is 5.32 Å². The van der Waals surface area contributed by atoms with Crippen molar-refractivity contribution in [1.29, 1.82) is 0 Å². The number of amides is 1. The van der Waals surface area contributed by atoms with Gasteiger partial charge in [0, 0.05) is 11.5 Å². The van der Waals surface area contributed by atoms with Gasteiger partial charge >= 0.3 is 0 Å². The molecule has 5 heteroatoms. The van der Waals surface area contributed by atoms with E-state index >= 15 is 0 Å². The normalized spacial score (nSPS) is 10.8. The van der Waals surface area contributed by atoms with Gasteiger partial charge in [-0.3, -0.25) is 10.1 Å². The van der Waals surface area contributed by atoms with Gasteiger partial charge in [-0.15, -0.1) is 10.2 Å². The van der Waals surface area contributed by atoms with Gasteiger partial charge in [-0.2, -0.15) is 0 Å².